The summed E-state index contributed by atoms with van der Waals surface area (Å²) in [6.45, 7) is 3.15. The molecule has 30 heavy (non-hydrogen) atoms. The Kier molecular flexibility index (Phi) is 8.83. The first-order valence-electron chi connectivity index (χ1n) is 10.4. The van der Waals surface area contributed by atoms with Crippen LogP contribution < -0.4 is 5.32 Å². The van der Waals surface area contributed by atoms with Crippen molar-refractivity contribution in [1.29, 1.82) is 0 Å². The van der Waals surface area contributed by atoms with Crippen molar-refractivity contribution in [2.45, 2.75) is 38.6 Å². The highest BCUT2D eigenvalue weighted by molar-refractivity contribution is 5.84. The van der Waals surface area contributed by atoms with Crippen LogP contribution in [0.1, 0.15) is 44.2 Å². The molecular formula is C22H32N4O4. The molecule has 1 aliphatic rings. The number of amides is 4. The van der Waals surface area contributed by atoms with E-state index in [4.69, 9.17) is 0 Å². The Morgan fingerprint density at radius 2 is 1.77 bits per heavy atom. The van der Waals surface area contributed by atoms with E-state index in [2.05, 4.69) is 5.32 Å². The molecule has 8 nitrogen and oxygen atoms in total. The Morgan fingerprint density at radius 3 is 2.40 bits per heavy atom. The van der Waals surface area contributed by atoms with Gasteiger partial charge >= 0.3 is 0 Å². The van der Waals surface area contributed by atoms with Gasteiger partial charge in [0.1, 0.15) is 0 Å². The third kappa shape index (κ3) is 6.86. The third-order valence-electron chi connectivity index (χ3n) is 5.28. The number of nitrogens with one attached hydrogen (secondary N) is 1. The molecule has 0 aromatic heterocycles. The molecule has 1 atom stereocenters. The van der Waals surface area contributed by atoms with Crippen LogP contribution in [0.3, 0.4) is 0 Å². The smallest absolute Gasteiger partial charge is 0.223 e. The molecule has 0 aliphatic carbocycles. The maximum absolute atomic E-state index is 12.6. The van der Waals surface area contributed by atoms with Crippen molar-refractivity contribution >= 4 is 23.6 Å². The monoisotopic (exact) mass is 416 g/mol. The molecule has 0 spiro atoms. The molecule has 1 aromatic rings. The largest absolute Gasteiger partial charge is 0.354 e. The van der Waals surface area contributed by atoms with Crippen molar-refractivity contribution < 1.29 is 19.2 Å². The van der Waals surface area contributed by atoms with Crippen LogP contribution in [0.4, 0.5) is 0 Å². The van der Waals surface area contributed by atoms with Gasteiger partial charge in [-0.2, -0.15) is 0 Å². The second kappa shape index (κ2) is 11.3. The fourth-order valence-corrected chi connectivity index (χ4v) is 3.58. The molecule has 1 N–H and O–H groups in total. The zero-order chi connectivity index (χ0) is 22.1. The van der Waals surface area contributed by atoms with Crippen LogP contribution in [0, 0.1) is 0 Å². The van der Waals surface area contributed by atoms with E-state index < -0.39 is 0 Å². The molecule has 4 amide bonds. The maximum atomic E-state index is 12.6. The van der Waals surface area contributed by atoms with Gasteiger partial charge in [0, 0.05) is 60.0 Å². The van der Waals surface area contributed by atoms with Gasteiger partial charge in [-0.1, -0.05) is 30.3 Å². The molecule has 1 aromatic carbocycles. The van der Waals surface area contributed by atoms with Crippen molar-refractivity contribution in [3.05, 3.63) is 35.9 Å². The summed E-state index contributed by atoms with van der Waals surface area (Å²) in [5.41, 5.74) is 0.914. The van der Waals surface area contributed by atoms with Crippen molar-refractivity contribution in [2.75, 3.05) is 40.3 Å². The van der Waals surface area contributed by atoms with Gasteiger partial charge in [-0.25, -0.2) is 0 Å². The highest BCUT2D eigenvalue weighted by Crippen LogP contribution is 2.25. The number of carbonyl (C=O) groups excluding carboxylic acids is 4. The lowest BCUT2D eigenvalue weighted by molar-refractivity contribution is -0.136. The standard InChI is InChI=1S/C22H32N4O4/c1-17(27)26-14-7-13-25(22(30)11-10-21(29)24(2)3)15-12-23-20(28)16-19(26)18-8-5-4-6-9-18/h4-6,8-9,19H,7,10-16H2,1-3H3,(H,23,28). The van der Waals surface area contributed by atoms with Gasteiger partial charge in [0.25, 0.3) is 0 Å². The molecule has 1 heterocycles. The van der Waals surface area contributed by atoms with Gasteiger partial charge < -0.3 is 20.0 Å². The molecule has 2 rings (SSSR count). The third-order valence-corrected chi connectivity index (χ3v) is 5.28. The minimum absolute atomic E-state index is 0.0945. The average Bonchev–Trinajstić information content (AvgIpc) is 2.75. The number of rotatable bonds is 4. The van der Waals surface area contributed by atoms with Crippen molar-refractivity contribution in [3.8, 4) is 0 Å². The van der Waals surface area contributed by atoms with Crippen LogP contribution in [0.5, 0.6) is 0 Å². The van der Waals surface area contributed by atoms with Crippen LogP contribution >= 0.6 is 0 Å². The van der Waals surface area contributed by atoms with Crippen LogP contribution in [0.15, 0.2) is 30.3 Å². The van der Waals surface area contributed by atoms with Crippen molar-refractivity contribution in [1.82, 2.24) is 20.0 Å². The number of hydrogen-bond donors (Lipinski definition) is 1. The molecule has 0 saturated carbocycles. The second-order valence-electron chi connectivity index (χ2n) is 7.72. The summed E-state index contributed by atoms with van der Waals surface area (Å²) < 4.78 is 0. The highest BCUT2D eigenvalue weighted by atomic mass is 16.2. The minimum Gasteiger partial charge on any atom is -0.354 e. The topological polar surface area (TPSA) is 90.0 Å². The molecule has 1 unspecified atom stereocenters. The van der Waals surface area contributed by atoms with Crippen LogP contribution in [0.25, 0.3) is 0 Å². The summed E-state index contributed by atoms with van der Waals surface area (Å²) in [6.07, 6.45) is 1.07. The lowest BCUT2D eigenvalue weighted by Gasteiger charge is -2.31. The first-order valence-corrected chi connectivity index (χ1v) is 10.4. The Bertz CT molecular complexity index is 751. The first kappa shape index (κ1) is 23.4. The molecule has 1 saturated heterocycles. The van der Waals surface area contributed by atoms with Gasteiger partial charge in [-0.15, -0.1) is 0 Å². The molecule has 1 aliphatic heterocycles. The second-order valence-corrected chi connectivity index (χ2v) is 7.72. The quantitative estimate of drug-likeness (QED) is 0.798. The van der Waals surface area contributed by atoms with E-state index >= 15 is 0 Å². The van der Waals surface area contributed by atoms with Gasteiger partial charge in [0.15, 0.2) is 0 Å². The van der Waals surface area contributed by atoms with Gasteiger partial charge in [0.2, 0.25) is 23.6 Å². The molecule has 164 valence electrons. The Morgan fingerprint density at radius 1 is 1.07 bits per heavy atom. The SMILES string of the molecule is CC(=O)N1CCCN(C(=O)CCC(=O)N(C)C)CCNC(=O)CC1c1ccccc1. The summed E-state index contributed by atoms with van der Waals surface area (Å²) in [6, 6.07) is 9.19. The number of benzene rings is 1. The zero-order valence-electron chi connectivity index (χ0n) is 18.1. The minimum atomic E-state index is -0.344. The van der Waals surface area contributed by atoms with Crippen molar-refractivity contribution in [2.24, 2.45) is 0 Å². The summed E-state index contributed by atoms with van der Waals surface area (Å²) in [4.78, 5) is 54.1. The van der Waals surface area contributed by atoms with Gasteiger partial charge in [0.05, 0.1) is 12.5 Å². The molecule has 0 bridgehead atoms. The lowest BCUT2D eigenvalue weighted by Crippen LogP contribution is -2.39. The van der Waals surface area contributed by atoms with Crippen LogP contribution in [0.2, 0.25) is 0 Å². The van der Waals surface area contributed by atoms with E-state index in [0.29, 0.717) is 32.6 Å². The van der Waals surface area contributed by atoms with Gasteiger partial charge in [-0.3, -0.25) is 19.2 Å². The van der Waals surface area contributed by atoms with Crippen LogP contribution in [-0.2, 0) is 19.2 Å². The predicted molar refractivity (Wildman–Crippen MR) is 113 cm³/mol. The predicted octanol–water partition coefficient (Wildman–Crippen LogP) is 1.18. The summed E-state index contributed by atoms with van der Waals surface area (Å²) in [5.74, 6) is -0.479. The normalized spacial score (nSPS) is 18.2. The first-order chi connectivity index (χ1) is 14.3. The molecule has 8 heteroatoms. The number of nitrogens with zero attached hydrogens (tertiary/aromatic N) is 3. The van der Waals surface area contributed by atoms with E-state index in [0.717, 1.165) is 5.56 Å². The maximum Gasteiger partial charge on any atom is 0.223 e. The zero-order valence-corrected chi connectivity index (χ0v) is 18.1. The Labute approximate surface area is 178 Å². The summed E-state index contributed by atoms with van der Waals surface area (Å²) in [7, 11) is 3.32. The highest BCUT2D eigenvalue weighted by Gasteiger charge is 2.26. The summed E-state index contributed by atoms with van der Waals surface area (Å²) in [5, 5.41) is 2.86. The summed E-state index contributed by atoms with van der Waals surface area (Å²) >= 11 is 0. The van der Waals surface area contributed by atoms with E-state index in [9.17, 15) is 19.2 Å². The van der Waals surface area contributed by atoms with E-state index in [-0.39, 0.29) is 48.9 Å². The molecule has 0 radical (unpaired) electrons. The lowest BCUT2D eigenvalue weighted by atomic mass is 10.0. The average molecular weight is 417 g/mol. The van der Waals surface area contributed by atoms with Crippen LogP contribution in [-0.4, -0.2) is 78.6 Å². The fraction of sp³-hybridized carbons (Fsp3) is 0.545. The Hall–Kier alpha value is -2.90. The number of carbonyl (C=O) groups is 4. The Balaban J connectivity index is 2.11. The molecule has 1 fully saturated rings. The van der Waals surface area contributed by atoms with E-state index in [1.165, 1.54) is 11.8 Å². The number of hydrogen-bond acceptors (Lipinski definition) is 4. The van der Waals surface area contributed by atoms with Crippen molar-refractivity contribution in [3.63, 3.8) is 0 Å². The van der Waals surface area contributed by atoms with Gasteiger partial charge in [-0.05, 0) is 12.0 Å². The van der Waals surface area contributed by atoms with E-state index in [1.54, 1.807) is 23.9 Å². The molecular weight excluding hydrogens is 384 g/mol. The van der Waals surface area contributed by atoms with E-state index in [1.807, 2.05) is 30.3 Å². The fourth-order valence-electron chi connectivity index (χ4n) is 3.58.